The Balaban J connectivity index is 2.29. The van der Waals surface area contributed by atoms with Crippen molar-refractivity contribution < 1.29 is 4.79 Å². The molecule has 1 aliphatic carbocycles. The van der Waals surface area contributed by atoms with Crippen molar-refractivity contribution in [2.75, 3.05) is 26.7 Å². The summed E-state index contributed by atoms with van der Waals surface area (Å²) < 4.78 is 0. The van der Waals surface area contributed by atoms with Gasteiger partial charge in [-0.1, -0.05) is 6.92 Å². The summed E-state index contributed by atoms with van der Waals surface area (Å²) in [6.07, 6.45) is 2.86. The number of hydrogen-bond acceptors (Lipinski definition) is 3. The van der Waals surface area contributed by atoms with Gasteiger partial charge in [0.15, 0.2) is 0 Å². The first-order valence-electron chi connectivity index (χ1n) is 5.54. The van der Waals surface area contributed by atoms with Crippen LogP contribution in [0.25, 0.3) is 0 Å². The van der Waals surface area contributed by atoms with Crippen molar-refractivity contribution in [3.63, 3.8) is 0 Å². The van der Waals surface area contributed by atoms with Crippen molar-refractivity contribution in [1.82, 2.24) is 9.80 Å². The van der Waals surface area contributed by atoms with Crippen LogP contribution in [0.1, 0.15) is 26.2 Å². The molecule has 1 fully saturated rings. The normalized spacial score (nSPS) is 15.1. The Labute approximate surface area is 91.5 Å². The van der Waals surface area contributed by atoms with E-state index in [9.17, 15) is 4.79 Å². The summed E-state index contributed by atoms with van der Waals surface area (Å²) in [4.78, 5) is 15.6. The number of nitrogens with zero attached hydrogens (tertiary/aromatic N) is 3. The Bertz CT molecular complexity index is 255. The maximum absolute atomic E-state index is 11.7. The van der Waals surface area contributed by atoms with E-state index in [0.717, 1.165) is 6.54 Å². The van der Waals surface area contributed by atoms with Crippen LogP contribution in [0.2, 0.25) is 0 Å². The first-order valence-corrected chi connectivity index (χ1v) is 5.54. The minimum Gasteiger partial charge on any atom is -0.344 e. The molecule has 0 aliphatic heterocycles. The van der Waals surface area contributed by atoms with Crippen molar-refractivity contribution in [3.8, 4) is 6.07 Å². The molecular weight excluding hydrogens is 190 g/mol. The van der Waals surface area contributed by atoms with Crippen molar-refractivity contribution in [2.24, 2.45) is 0 Å². The zero-order chi connectivity index (χ0) is 11.3. The highest BCUT2D eigenvalue weighted by Crippen LogP contribution is 2.26. The van der Waals surface area contributed by atoms with Gasteiger partial charge < -0.3 is 4.90 Å². The Morgan fingerprint density at radius 2 is 2.20 bits per heavy atom. The lowest BCUT2D eigenvalue weighted by Crippen LogP contribution is -2.39. The van der Waals surface area contributed by atoms with E-state index in [0.29, 0.717) is 25.6 Å². The van der Waals surface area contributed by atoms with Crippen molar-refractivity contribution in [2.45, 2.75) is 32.2 Å². The van der Waals surface area contributed by atoms with Crippen LogP contribution in [0.3, 0.4) is 0 Å². The van der Waals surface area contributed by atoms with Gasteiger partial charge in [-0.05, 0) is 19.4 Å². The summed E-state index contributed by atoms with van der Waals surface area (Å²) in [6, 6.07) is 2.68. The predicted molar refractivity (Wildman–Crippen MR) is 58.1 cm³/mol. The van der Waals surface area contributed by atoms with Gasteiger partial charge in [-0.2, -0.15) is 5.26 Å². The summed E-state index contributed by atoms with van der Waals surface area (Å²) in [5, 5.41) is 8.42. The van der Waals surface area contributed by atoms with Gasteiger partial charge in [-0.15, -0.1) is 0 Å². The summed E-state index contributed by atoms with van der Waals surface area (Å²) >= 11 is 0. The van der Waals surface area contributed by atoms with E-state index in [2.05, 4.69) is 11.8 Å². The lowest BCUT2D eigenvalue weighted by molar-refractivity contribution is -0.131. The highest BCUT2D eigenvalue weighted by Gasteiger charge is 2.29. The van der Waals surface area contributed by atoms with Crippen LogP contribution < -0.4 is 0 Å². The smallest absolute Gasteiger partial charge is 0.236 e. The van der Waals surface area contributed by atoms with Crippen LogP contribution in [0, 0.1) is 11.3 Å². The van der Waals surface area contributed by atoms with Gasteiger partial charge in [0, 0.05) is 19.6 Å². The molecule has 15 heavy (non-hydrogen) atoms. The van der Waals surface area contributed by atoms with Crippen LogP contribution in [0.4, 0.5) is 0 Å². The lowest BCUT2D eigenvalue weighted by atomic mass is 10.3. The topological polar surface area (TPSA) is 47.3 Å². The molecule has 1 saturated carbocycles. The van der Waals surface area contributed by atoms with E-state index < -0.39 is 0 Å². The maximum atomic E-state index is 11.7. The molecule has 0 unspecified atom stereocenters. The minimum absolute atomic E-state index is 0.124. The van der Waals surface area contributed by atoms with E-state index >= 15 is 0 Å². The highest BCUT2D eigenvalue weighted by molar-refractivity contribution is 5.78. The second-order valence-electron chi connectivity index (χ2n) is 4.02. The lowest BCUT2D eigenvalue weighted by Gasteiger charge is -2.23. The zero-order valence-electron chi connectivity index (χ0n) is 9.57. The van der Waals surface area contributed by atoms with Crippen LogP contribution in [0.5, 0.6) is 0 Å². The van der Waals surface area contributed by atoms with Gasteiger partial charge in [0.05, 0.1) is 19.0 Å². The van der Waals surface area contributed by atoms with Gasteiger partial charge in [0.2, 0.25) is 5.91 Å². The number of rotatable bonds is 6. The summed E-state index contributed by atoms with van der Waals surface area (Å²) in [7, 11) is 1.76. The van der Waals surface area contributed by atoms with Crippen LogP contribution in [-0.4, -0.2) is 48.4 Å². The molecule has 0 aromatic rings. The third-order valence-electron chi connectivity index (χ3n) is 2.79. The summed E-state index contributed by atoms with van der Waals surface area (Å²) in [5.41, 5.74) is 0. The average molecular weight is 209 g/mol. The molecule has 0 atom stereocenters. The monoisotopic (exact) mass is 209 g/mol. The average Bonchev–Trinajstić information content (AvgIpc) is 3.05. The van der Waals surface area contributed by atoms with Gasteiger partial charge in [-0.25, -0.2) is 0 Å². The van der Waals surface area contributed by atoms with E-state index in [1.54, 1.807) is 11.9 Å². The molecule has 0 aromatic heterocycles. The fourth-order valence-electron chi connectivity index (χ4n) is 1.58. The number of likely N-dealkylation sites (N-methyl/N-ethyl adjacent to an activating group) is 2. The summed E-state index contributed by atoms with van der Waals surface area (Å²) in [5.74, 6) is 0.124. The number of carbonyl (C=O) groups is 1. The number of nitriles is 1. The van der Waals surface area contributed by atoms with Crippen molar-refractivity contribution >= 4 is 5.91 Å². The fraction of sp³-hybridized carbons (Fsp3) is 0.818. The largest absolute Gasteiger partial charge is 0.344 e. The third kappa shape index (κ3) is 3.88. The SMILES string of the molecule is CCN(CC(=O)N(C)CCC#N)C1CC1. The molecule has 0 heterocycles. The van der Waals surface area contributed by atoms with Crippen LogP contribution >= 0.6 is 0 Å². The van der Waals surface area contributed by atoms with Gasteiger partial charge >= 0.3 is 0 Å². The molecular formula is C11H19N3O. The zero-order valence-corrected chi connectivity index (χ0v) is 9.57. The Morgan fingerprint density at radius 3 is 2.67 bits per heavy atom. The molecule has 4 heteroatoms. The number of amides is 1. The van der Waals surface area contributed by atoms with E-state index in [1.165, 1.54) is 12.8 Å². The minimum atomic E-state index is 0.124. The van der Waals surface area contributed by atoms with Crippen LogP contribution in [-0.2, 0) is 4.79 Å². The second-order valence-corrected chi connectivity index (χ2v) is 4.02. The molecule has 0 spiro atoms. The second kappa shape index (κ2) is 5.72. The molecule has 0 N–H and O–H groups in total. The van der Waals surface area contributed by atoms with Crippen molar-refractivity contribution in [1.29, 1.82) is 5.26 Å². The van der Waals surface area contributed by atoms with E-state index in [4.69, 9.17) is 5.26 Å². The molecule has 0 saturated heterocycles. The molecule has 0 bridgehead atoms. The predicted octanol–water partition coefficient (Wildman–Crippen LogP) is 0.843. The van der Waals surface area contributed by atoms with E-state index in [-0.39, 0.29) is 5.91 Å². The number of hydrogen-bond donors (Lipinski definition) is 0. The Kier molecular flexibility index (Phi) is 4.57. The molecule has 4 nitrogen and oxygen atoms in total. The Morgan fingerprint density at radius 1 is 1.53 bits per heavy atom. The van der Waals surface area contributed by atoms with Gasteiger partial charge in [0.25, 0.3) is 0 Å². The maximum Gasteiger partial charge on any atom is 0.236 e. The van der Waals surface area contributed by atoms with Crippen LogP contribution in [0.15, 0.2) is 0 Å². The van der Waals surface area contributed by atoms with E-state index in [1.807, 2.05) is 6.07 Å². The first kappa shape index (κ1) is 12.0. The van der Waals surface area contributed by atoms with Gasteiger partial charge in [-0.3, -0.25) is 9.69 Å². The molecule has 0 aromatic carbocycles. The summed E-state index contributed by atoms with van der Waals surface area (Å²) in [6.45, 7) is 4.06. The number of carbonyl (C=O) groups excluding carboxylic acids is 1. The molecule has 1 aliphatic rings. The third-order valence-corrected chi connectivity index (χ3v) is 2.79. The molecule has 0 radical (unpaired) electrons. The fourth-order valence-corrected chi connectivity index (χ4v) is 1.58. The Hall–Kier alpha value is -1.08. The highest BCUT2D eigenvalue weighted by atomic mass is 16.2. The van der Waals surface area contributed by atoms with Gasteiger partial charge in [0.1, 0.15) is 0 Å². The molecule has 84 valence electrons. The van der Waals surface area contributed by atoms with Crippen molar-refractivity contribution in [3.05, 3.63) is 0 Å². The molecule has 1 rings (SSSR count). The quantitative estimate of drug-likeness (QED) is 0.651. The standard InChI is InChI=1S/C11H19N3O/c1-3-14(10-5-6-10)9-11(15)13(2)8-4-7-12/h10H,3-6,8-9H2,1-2H3. The molecule has 1 amide bonds. The first-order chi connectivity index (χ1) is 7.19.